The molecule has 0 amide bonds. The highest BCUT2D eigenvalue weighted by atomic mass is 32.2. The molecule has 0 saturated heterocycles. The molecule has 0 unspecified atom stereocenters. The molecule has 0 atom stereocenters. The summed E-state index contributed by atoms with van der Waals surface area (Å²) in [7, 11) is -4.60. The van der Waals surface area contributed by atoms with Gasteiger partial charge in [0.1, 0.15) is 17.3 Å². The van der Waals surface area contributed by atoms with E-state index in [2.05, 4.69) is 15.3 Å². The second kappa shape index (κ2) is 7.62. The summed E-state index contributed by atoms with van der Waals surface area (Å²) >= 11 is 0. The molecule has 0 aliphatic rings. The maximum atomic E-state index is 13.8. The minimum absolute atomic E-state index is 0.0929. The van der Waals surface area contributed by atoms with Crippen LogP contribution in [-0.4, -0.2) is 18.4 Å². The fraction of sp³-hybridized carbons (Fsp3) is 0.0588. The highest BCUT2D eigenvalue weighted by Crippen LogP contribution is 2.28. The van der Waals surface area contributed by atoms with E-state index in [1.165, 1.54) is 24.3 Å². The highest BCUT2D eigenvalue weighted by Gasteiger charge is 2.32. The topological polar surface area (TPSA) is 84.0 Å². The summed E-state index contributed by atoms with van der Waals surface area (Å²) in [5.41, 5.74) is -1.12. The number of halogens is 5. The minimum Gasteiger partial charge on any atom is -0.324 e. The summed E-state index contributed by atoms with van der Waals surface area (Å²) in [6, 6.07) is 8.55. The van der Waals surface area contributed by atoms with E-state index in [0.29, 0.717) is 6.07 Å². The van der Waals surface area contributed by atoms with Gasteiger partial charge < -0.3 is 5.32 Å². The Bertz CT molecular complexity index is 1130. The van der Waals surface area contributed by atoms with E-state index in [4.69, 9.17) is 0 Å². The van der Waals surface area contributed by atoms with Gasteiger partial charge in [-0.2, -0.15) is 13.2 Å². The fourth-order valence-electron chi connectivity index (χ4n) is 2.31. The van der Waals surface area contributed by atoms with Crippen molar-refractivity contribution in [2.45, 2.75) is 11.1 Å². The molecule has 29 heavy (non-hydrogen) atoms. The number of hydrogen-bond donors (Lipinski definition) is 2. The number of sulfonamides is 1. The second-order valence-corrected chi connectivity index (χ2v) is 7.24. The van der Waals surface area contributed by atoms with Crippen LogP contribution in [0.5, 0.6) is 0 Å². The lowest BCUT2D eigenvalue weighted by atomic mass is 10.3. The molecule has 1 heterocycles. The lowest BCUT2D eigenvalue weighted by molar-refractivity contribution is -0.141. The van der Waals surface area contributed by atoms with Crippen LogP contribution < -0.4 is 10.0 Å². The molecule has 0 fully saturated rings. The Morgan fingerprint density at radius 3 is 2.17 bits per heavy atom. The second-order valence-electron chi connectivity index (χ2n) is 5.63. The van der Waals surface area contributed by atoms with Gasteiger partial charge in [0, 0.05) is 11.9 Å². The van der Waals surface area contributed by atoms with E-state index in [1.807, 2.05) is 4.72 Å². The van der Waals surface area contributed by atoms with Crippen LogP contribution in [0.2, 0.25) is 0 Å². The number of hydrogen-bond acceptors (Lipinski definition) is 5. The summed E-state index contributed by atoms with van der Waals surface area (Å²) in [6.07, 6.45) is -3.76. The average Bonchev–Trinajstić information content (AvgIpc) is 2.60. The Morgan fingerprint density at radius 2 is 1.52 bits per heavy atom. The predicted octanol–water partition coefficient (Wildman–Crippen LogP) is 4.32. The quantitative estimate of drug-likeness (QED) is 0.589. The Labute approximate surface area is 161 Å². The summed E-state index contributed by atoms with van der Waals surface area (Å²) < 4.78 is 92.3. The first kappa shape index (κ1) is 20.5. The first-order valence-electron chi connectivity index (χ1n) is 7.80. The normalized spacial score (nSPS) is 11.9. The summed E-state index contributed by atoms with van der Waals surface area (Å²) in [5, 5.41) is 2.50. The number of nitrogens with zero attached hydrogens (tertiary/aromatic N) is 2. The number of rotatable bonds is 5. The molecule has 12 heteroatoms. The molecule has 2 N–H and O–H groups in total. The van der Waals surface area contributed by atoms with E-state index in [-0.39, 0.29) is 17.3 Å². The SMILES string of the molecule is O=S(=O)(Nc1cccc(Nc2nccc(C(F)(F)F)n2)c1)c1c(F)cccc1F. The van der Waals surface area contributed by atoms with Crippen LogP contribution in [0, 0.1) is 11.6 Å². The lowest BCUT2D eigenvalue weighted by Gasteiger charge is -2.12. The maximum absolute atomic E-state index is 13.8. The smallest absolute Gasteiger partial charge is 0.324 e. The van der Waals surface area contributed by atoms with E-state index in [0.717, 1.165) is 24.4 Å². The van der Waals surface area contributed by atoms with E-state index in [9.17, 15) is 30.4 Å². The molecule has 0 aliphatic heterocycles. The van der Waals surface area contributed by atoms with Gasteiger partial charge in [-0.25, -0.2) is 27.2 Å². The van der Waals surface area contributed by atoms with Crippen molar-refractivity contribution in [3.05, 3.63) is 72.1 Å². The molecular weight excluding hydrogens is 419 g/mol. The van der Waals surface area contributed by atoms with Gasteiger partial charge in [0.2, 0.25) is 5.95 Å². The molecule has 2 aromatic carbocycles. The Balaban J connectivity index is 1.85. The molecule has 0 radical (unpaired) electrons. The average molecular weight is 430 g/mol. The van der Waals surface area contributed by atoms with Crippen molar-refractivity contribution in [3.8, 4) is 0 Å². The van der Waals surface area contributed by atoms with Crippen molar-refractivity contribution in [1.82, 2.24) is 9.97 Å². The molecule has 0 bridgehead atoms. The zero-order chi connectivity index (χ0) is 21.2. The van der Waals surface area contributed by atoms with Crippen molar-refractivity contribution in [3.63, 3.8) is 0 Å². The molecule has 0 saturated carbocycles. The molecule has 152 valence electrons. The van der Waals surface area contributed by atoms with Gasteiger partial charge in [-0.15, -0.1) is 0 Å². The summed E-state index contributed by atoms with van der Waals surface area (Å²) in [4.78, 5) is 5.84. The third-order valence-corrected chi connectivity index (χ3v) is 4.94. The largest absolute Gasteiger partial charge is 0.433 e. The van der Waals surface area contributed by atoms with Gasteiger partial charge in [0.05, 0.1) is 5.69 Å². The summed E-state index contributed by atoms with van der Waals surface area (Å²) in [6.45, 7) is 0. The van der Waals surface area contributed by atoms with Crippen molar-refractivity contribution < 1.29 is 30.4 Å². The fourth-order valence-corrected chi connectivity index (χ4v) is 3.50. The Kier molecular flexibility index (Phi) is 5.38. The van der Waals surface area contributed by atoms with Crippen LogP contribution >= 0.6 is 0 Å². The third kappa shape index (κ3) is 4.77. The van der Waals surface area contributed by atoms with Gasteiger partial charge in [0.15, 0.2) is 4.90 Å². The standard InChI is InChI=1S/C17H11F5N4O2S/c18-12-5-2-6-13(19)15(12)29(27,28)26-11-4-1-3-10(9-11)24-16-23-8-7-14(25-16)17(20,21)22/h1-9,26H,(H,23,24,25). The lowest BCUT2D eigenvalue weighted by Crippen LogP contribution is -2.16. The van der Waals surface area contributed by atoms with Crippen LogP contribution in [0.1, 0.15) is 5.69 Å². The Hall–Kier alpha value is -3.28. The number of nitrogens with one attached hydrogen (secondary N) is 2. The molecule has 0 aliphatic carbocycles. The first-order valence-corrected chi connectivity index (χ1v) is 9.29. The van der Waals surface area contributed by atoms with Gasteiger partial charge in [-0.1, -0.05) is 12.1 Å². The highest BCUT2D eigenvalue weighted by molar-refractivity contribution is 7.92. The first-order chi connectivity index (χ1) is 13.6. The van der Waals surface area contributed by atoms with Gasteiger partial charge in [0.25, 0.3) is 10.0 Å². The molecule has 0 spiro atoms. The van der Waals surface area contributed by atoms with E-state index >= 15 is 0 Å². The van der Waals surface area contributed by atoms with Crippen molar-refractivity contribution in [1.29, 1.82) is 0 Å². The van der Waals surface area contributed by atoms with Crippen LogP contribution in [-0.2, 0) is 16.2 Å². The van der Waals surface area contributed by atoms with Gasteiger partial charge in [-0.05, 0) is 36.4 Å². The number of anilines is 3. The molecule has 3 rings (SSSR count). The zero-order valence-electron chi connectivity index (χ0n) is 14.2. The molecular formula is C17H11F5N4O2S. The van der Waals surface area contributed by atoms with Crippen molar-refractivity contribution in [2.75, 3.05) is 10.0 Å². The number of benzene rings is 2. The van der Waals surface area contributed by atoms with Crippen LogP contribution in [0.15, 0.2) is 59.6 Å². The minimum atomic E-state index is -4.67. The molecule has 6 nitrogen and oxygen atoms in total. The van der Waals surface area contributed by atoms with Gasteiger partial charge in [-0.3, -0.25) is 4.72 Å². The summed E-state index contributed by atoms with van der Waals surface area (Å²) in [5.74, 6) is -2.92. The zero-order valence-corrected chi connectivity index (χ0v) is 15.0. The van der Waals surface area contributed by atoms with E-state index in [1.54, 1.807) is 0 Å². The monoisotopic (exact) mass is 430 g/mol. The van der Waals surface area contributed by atoms with E-state index < -0.39 is 38.4 Å². The third-order valence-electron chi connectivity index (χ3n) is 3.50. The van der Waals surface area contributed by atoms with Crippen LogP contribution in [0.25, 0.3) is 0 Å². The van der Waals surface area contributed by atoms with Crippen LogP contribution in [0.4, 0.5) is 39.3 Å². The molecule has 1 aromatic heterocycles. The van der Waals surface area contributed by atoms with Gasteiger partial charge >= 0.3 is 6.18 Å². The predicted molar refractivity (Wildman–Crippen MR) is 93.9 cm³/mol. The molecule has 3 aromatic rings. The number of aromatic nitrogens is 2. The van der Waals surface area contributed by atoms with Crippen LogP contribution in [0.3, 0.4) is 0 Å². The van der Waals surface area contributed by atoms with Crippen molar-refractivity contribution in [2.24, 2.45) is 0 Å². The Morgan fingerprint density at radius 1 is 0.897 bits per heavy atom. The van der Waals surface area contributed by atoms with Crippen molar-refractivity contribution >= 4 is 27.3 Å². The maximum Gasteiger partial charge on any atom is 0.433 e. The number of alkyl halides is 3.